The van der Waals surface area contributed by atoms with Crippen molar-refractivity contribution < 1.29 is 18.3 Å². The smallest absolute Gasteiger partial charge is 0.395 e. The van der Waals surface area contributed by atoms with Crippen molar-refractivity contribution in [1.29, 1.82) is 0 Å². The van der Waals surface area contributed by atoms with E-state index in [1.54, 1.807) is 6.07 Å². The minimum atomic E-state index is -4.35. The molecule has 2 heterocycles. The van der Waals surface area contributed by atoms with Crippen LogP contribution in [0, 0.1) is 0 Å². The summed E-state index contributed by atoms with van der Waals surface area (Å²) in [6, 6.07) is 12.0. The molecule has 160 valence electrons. The summed E-state index contributed by atoms with van der Waals surface area (Å²) < 4.78 is 39.9. The lowest BCUT2D eigenvalue weighted by Gasteiger charge is -2.33. The Bertz CT molecular complexity index is 908. The normalized spacial score (nSPS) is 20.3. The van der Waals surface area contributed by atoms with Gasteiger partial charge in [-0.15, -0.1) is 0 Å². The van der Waals surface area contributed by atoms with E-state index in [1.165, 1.54) is 23.9 Å². The van der Waals surface area contributed by atoms with Gasteiger partial charge in [-0.05, 0) is 35.4 Å². The van der Waals surface area contributed by atoms with Gasteiger partial charge in [0.25, 0.3) is 0 Å². The average Bonchev–Trinajstić information content (AvgIpc) is 2.73. The fourth-order valence-electron chi connectivity index (χ4n) is 4.07. The summed E-state index contributed by atoms with van der Waals surface area (Å²) in [5.41, 5.74) is 1.18. The molecular formula is C23H25F3N2OS. The van der Waals surface area contributed by atoms with Crippen LogP contribution < -0.4 is 0 Å². The van der Waals surface area contributed by atoms with Crippen molar-refractivity contribution in [2.45, 2.75) is 21.9 Å². The van der Waals surface area contributed by atoms with Crippen LogP contribution in [0.3, 0.4) is 0 Å². The van der Waals surface area contributed by atoms with Gasteiger partial charge in [-0.2, -0.15) is 13.2 Å². The fourth-order valence-corrected chi connectivity index (χ4v) is 5.20. The summed E-state index contributed by atoms with van der Waals surface area (Å²) in [4.78, 5) is 6.55. The van der Waals surface area contributed by atoms with Crippen LogP contribution in [0.2, 0.25) is 0 Å². The first kappa shape index (κ1) is 21.4. The molecule has 1 saturated heterocycles. The molecule has 30 heavy (non-hydrogen) atoms. The molecule has 0 radical (unpaired) electrons. The molecule has 1 unspecified atom stereocenters. The van der Waals surface area contributed by atoms with Crippen molar-refractivity contribution in [3.05, 3.63) is 71.3 Å². The minimum Gasteiger partial charge on any atom is -0.395 e. The van der Waals surface area contributed by atoms with E-state index < -0.39 is 11.7 Å². The van der Waals surface area contributed by atoms with Gasteiger partial charge in [-0.1, -0.05) is 42.1 Å². The van der Waals surface area contributed by atoms with Gasteiger partial charge in [-0.3, -0.25) is 9.80 Å². The van der Waals surface area contributed by atoms with Gasteiger partial charge in [0.1, 0.15) is 0 Å². The Labute approximate surface area is 179 Å². The van der Waals surface area contributed by atoms with Crippen molar-refractivity contribution in [2.24, 2.45) is 0 Å². The first-order valence-corrected chi connectivity index (χ1v) is 11.0. The highest BCUT2D eigenvalue weighted by Gasteiger charge is 2.33. The second-order valence-electron chi connectivity index (χ2n) is 7.66. The van der Waals surface area contributed by atoms with Crippen LogP contribution in [0.1, 0.15) is 22.6 Å². The molecule has 1 fully saturated rings. The average molecular weight is 435 g/mol. The monoisotopic (exact) mass is 434 g/mol. The van der Waals surface area contributed by atoms with Gasteiger partial charge in [0.2, 0.25) is 0 Å². The number of halogens is 3. The van der Waals surface area contributed by atoms with Crippen LogP contribution in [0.5, 0.6) is 0 Å². The molecule has 4 rings (SSSR count). The number of hydrogen-bond acceptors (Lipinski definition) is 4. The van der Waals surface area contributed by atoms with Gasteiger partial charge in [-0.25, -0.2) is 0 Å². The van der Waals surface area contributed by atoms with Crippen molar-refractivity contribution in [1.82, 2.24) is 9.80 Å². The maximum absolute atomic E-state index is 13.3. The molecule has 0 spiro atoms. The number of nitrogens with zero attached hydrogens (tertiary/aromatic N) is 2. The number of rotatable bonds is 5. The third-order valence-corrected chi connectivity index (χ3v) is 6.90. The summed E-state index contributed by atoms with van der Waals surface area (Å²) in [5, 5.41) is 9.06. The van der Waals surface area contributed by atoms with E-state index >= 15 is 0 Å². The molecule has 0 saturated carbocycles. The van der Waals surface area contributed by atoms with E-state index in [9.17, 15) is 13.2 Å². The molecule has 2 aromatic carbocycles. The fraction of sp³-hybridized carbons (Fsp3) is 0.391. The summed E-state index contributed by atoms with van der Waals surface area (Å²) in [6.45, 7) is 5.36. The highest BCUT2D eigenvalue weighted by atomic mass is 32.2. The third kappa shape index (κ3) is 4.75. The Morgan fingerprint density at radius 2 is 1.67 bits per heavy atom. The molecule has 3 nitrogen and oxygen atoms in total. The van der Waals surface area contributed by atoms with Crippen molar-refractivity contribution in [2.75, 3.05) is 45.9 Å². The number of aliphatic hydroxyl groups excluding tert-OH is 1. The molecule has 0 aromatic heterocycles. The summed E-state index contributed by atoms with van der Waals surface area (Å²) in [7, 11) is 0. The molecule has 1 N–H and O–H groups in total. The van der Waals surface area contributed by atoms with E-state index in [4.69, 9.17) is 5.11 Å². The highest BCUT2D eigenvalue weighted by molar-refractivity contribution is 7.99. The highest BCUT2D eigenvalue weighted by Crippen LogP contribution is 2.47. The van der Waals surface area contributed by atoms with Crippen LogP contribution in [0.25, 0.3) is 0 Å². The zero-order valence-corrected chi connectivity index (χ0v) is 17.4. The number of alkyl halides is 3. The van der Waals surface area contributed by atoms with Gasteiger partial charge >= 0.3 is 6.18 Å². The lowest BCUT2D eigenvalue weighted by Crippen LogP contribution is -2.47. The van der Waals surface area contributed by atoms with E-state index in [0.717, 1.165) is 53.6 Å². The SMILES string of the molecule is OCCN1CCN(C/C=C\C2c3ccccc3Sc3ccc(C(F)(F)F)cc32)CC1. The first-order valence-electron chi connectivity index (χ1n) is 10.2. The zero-order valence-electron chi connectivity index (χ0n) is 16.6. The first-order chi connectivity index (χ1) is 14.5. The van der Waals surface area contributed by atoms with Gasteiger partial charge < -0.3 is 5.11 Å². The van der Waals surface area contributed by atoms with Crippen LogP contribution in [-0.2, 0) is 6.18 Å². The third-order valence-electron chi connectivity index (χ3n) is 5.72. The number of piperazine rings is 1. The zero-order chi connectivity index (χ0) is 21.1. The number of aliphatic hydroxyl groups is 1. The Balaban J connectivity index is 1.54. The Morgan fingerprint density at radius 1 is 0.967 bits per heavy atom. The molecule has 2 aromatic rings. The van der Waals surface area contributed by atoms with Gasteiger partial charge in [0.05, 0.1) is 12.2 Å². The lowest BCUT2D eigenvalue weighted by atomic mass is 9.89. The van der Waals surface area contributed by atoms with Gasteiger partial charge in [0, 0.05) is 55.0 Å². The summed E-state index contributed by atoms with van der Waals surface area (Å²) in [5.74, 6) is -0.185. The molecule has 0 bridgehead atoms. The number of benzene rings is 2. The van der Waals surface area contributed by atoms with E-state index in [0.29, 0.717) is 6.54 Å². The standard InChI is InChI=1S/C23H25F3N2OS/c24-23(25,26)17-7-8-22-20(16-17)18(19-4-1-2-6-21(19)30-22)5-3-9-27-10-12-28(13-11-27)14-15-29/h1-8,16,18,29H,9-15H2/b5-3-. The van der Waals surface area contributed by atoms with E-state index in [-0.39, 0.29) is 12.5 Å². The van der Waals surface area contributed by atoms with Crippen LogP contribution in [-0.4, -0.2) is 60.8 Å². The quantitative estimate of drug-likeness (QED) is 0.703. The largest absolute Gasteiger partial charge is 0.416 e. The Kier molecular flexibility index (Phi) is 6.53. The number of hydrogen-bond donors (Lipinski definition) is 1. The van der Waals surface area contributed by atoms with E-state index in [2.05, 4.69) is 22.0 Å². The molecular weight excluding hydrogens is 409 g/mol. The summed E-state index contributed by atoms with van der Waals surface area (Å²) in [6.07, 6.45) is -0.208. The van der Waals surface area contributed by atoms with Crippen LogP contribution >= 0.6 is 11.8 Å². The molecule has 1 atom stereocenters. The topological polar surface area (TPSA) is 26.7 Å². The van der Waals surface area contributed by atoms with Gasteiger partial charge in [0.15, 0.2) is 0 Å². The molecule has 2 aliphatic heterocycles. The second kappa shape index (κ2) is 9.14. The minimum absolute atomic E-state index is 0.179. The summed E-state index contributed by atoms with van der Waals surface area (Å²) >= 11 is 1.53. The van der Waals surface area contributed by atoms with Crippen molar-refractivity contribution >= 4 is 11.8 Å². The molecule has 7 heteroatoms. The molecule has 0 aliphatic carbocycles. The van der Waals surface area contributed by atoms with Crippen LogP contribution in [0.4, 0.5) is 13.2 Å². The van der Waals surface area contributed by atoms with Crippen LogP contribution in [0.15, 0.2) is 64.4 Å². The maximum atomic E-state index is 13.3. The predicted octanol–water partition coefficient (Wildman–Crippen LogP) is 4.47. The number of β-amino-alcohol motifs (C(OH)–C–C–N with tert-alkyl or cyclic N) is 1. The van der Waals surface area contributed by atoms with E-state index in [1.807, 2.05) is 24.3 Å². The Hall–Kier alpha value is -1.80. The number of fused-ring (bicyclic) bond motifs is 2. The van der Waals surface area contributed by atoms with Crippen molar-refractivity contribution in [3.63, 3.8) is 0 Å². The van der Waals surface area contributed by atoms with Crippen molar-refractivity contribution in [3.8, 4) is 0 Å². The Morgan fingerprint density at radius 3 is 2.40 bits per heavy atom. The molecule has 2 aliphatic rings. The second-order valence-corrected chi connectivity index (χ2v) is 8.75. The maximum Gasteiger partial charge on any atom is 0.416 e. The predicted molar refractivity (Wildman–Crippen MR) is 113 cm³/mol. The molecule has 0 amide bonds. The lowest BCUT2D eigenvalue weighted by molar-refractivity contribution is -0.137. The number of allylic oxidation sites excluding steroid dienone is 1.